The minimum absolute atomic E-state index is 0.00127. The number of nitrogens with zero attached hydrogens (tertiary/aromatic N) is 2. The highest BCUT2D eigenvalue weighted by Gasteiger charge is 2.43. The fourth-order valence-corrected chi connectivity index (χ4v) is 6.70. The molecule has 1 aliphatic carbocycles. The van der Waals surface area contributed by atoms with Crippen molar-refractivity contribution < 1.29 is 14.4 Å². The normalized spacial score (nSPS) is 21.6. The molecule has 0 spiro atoms. The summed E-state index contributed by atoms with van der Waals surface area (Å²) in [6, 6.07) is 10.5. The average Bonchev–Trinajstić information content (AvgIpc) is 2.97. The van der Waals surface area contributed by atoms with Crippen molar-refractivity contribution in [1.29, 1.82) is 0 Å². The van der Waals surface area contributed by atoms with Crippen LogP contribution in [0.1, 0.15) is 63.6 Å². The molecule has 0 aromatic heterocycles. The van der Waals surface area contributed by atoms with Crippen LogP contribution in [0.5, 0.6) is 0 Å². The van der Waals surface area contributed by atoms with Gasteiger partial charge in [-0.2, -0.15) is 0 Å². The maximum Gasteiger partial charge on any atom is 0.224 e. The second-order valence-electron chi connectivity index (χ2n) is 11.7. The summed E-state index contributed by atoms with van der Waals surface area (Å²) >= 11 is 12.9. The van der Waals surface area contributed by atoms with Gasteiger partial charge in [-0.1, -0.05) is 49.2 Å². The molecule has 9 heteroatoms. The summed E-state index contributed by atoms with van der Waals surface area (Å²) in [5, 5.41) is 4.47. The summed E-state index contributed by atoms with van der Waals surface area (Å²) in [4.78, 5) is 42.6. The Bertz CT molecular complexity index is 1380. The van der Waals surface area contributed by atoms with Gasteiger partial charge >= 0.3 is 0 Å². The smallest absolute Gasteiger partial charge is 0.224 e. The second-order valence-corrected chi connectivity index (χ2v) is 12.6. The van der Waals surface area contributed by atoms with Crippen LogP contribution < -0.4 is 16.0 Å². The van der Waals surface area contributed by atoms with Crippen LogP contribution in [0.3, 0.4) is 0 Å². The zero-order valence-electron chi connectivity index (χ0n) is 22.5. The number of Topliss-reactive ketones (excluding diaryl/α,β-unsaturated/α-hetero) is 1. The molecule has 39 heavy (non-hydrogen) atoms. The lowest BCUT2D eigenvalue weighted by molar-refractivity contribution is -0.123. The first-order chi connectivity index (χ1) is 18.4. The van der Waals surface area contributed by atoms with Gasteiger partial charge in [0.2, 0.25) is 11.8 Å². The summed E-state index contributed by atoms with van der Waals surface area (Å²) in [6.45, 7) is 7.99. The van der Waals surface area contributed by atoms with E-state index >= 15 is 0 Å². The number of benzene rings is 2. The van der Waals surface area contributed by atoms with E-state index in [-0.39, 0.29) is 28.9 Å². The number of carbonyl (C=O) groups is 3. The zero-order chi connectivity index (χ0) is 28.1. The maximum absolute atomic E-state index is 13.7. The monoisotopic (exact) mass is 568 g/mol. The number of rotatable bonds is 4. The van der Waals surface area contributed by atoms with Crippen LogP contribution in [0.15, 0.2) is 47.7 Å². The molecule has 2 amide bonds. The number of primary amides is 1. The number of piperidine rings is 1. The van der Waals surface area contributed by atoms with Crippen molar-refractivity contribution in [1.82, 2.24) is 4.90 Å². The fraction of sp³-hybridized carbons (Fsp3) is 0.433. The van der Waals surface area contributed by atoms with Crippen LogP contribution >= 0.6 is 23.2 Å². The van der Waals surface area contributed by atoms with Gasteiger partial charge in [-0.3, -0.25) is 24.2 Å². The number of hydrogen-bond acceptors (Lipinski definition) is 5. The van der Waals surface area contributed by atoms with Crippen LogP contribution in [-0.4, -0.2) is 35.6 Å². The minimum Gasteiger partial charge on any atom is -0.369 e. The first kappa shape index (κ1) is 27.7. The van der Waals surface area contributed by atoms with E-state index in [9.17, 15) is 14.4 Å². The summed E-state index contributed by atoms with van der Waals surface area (Å²) in [5.41, 5.74) is 9.87. The lowest BCUT2D eigenvalue weighted by Gasteiger charge is -2.37. The summed E-state index contributed by atoms with van der Waals surface area (Å²) in [5.74, 6) is -0.478. The van der Waals surface area contributed by atoms with E-state index in [0.29, 0.717) is 46.3 Å². The summed E-state index contributed by atoms with van der Waals surface area (Å²) in [6.07, 6.45) is 2.55. The Labute approximate surface area is 239 Å². The molecular weight excluding hydrogens is 535 g/mol. The number of anilines is 2. The molecule has 1 unspecified atom stereocenters. The predicted molar refractivity (Wildman–Crippen MR) is 155 cm³/mol. The standard InChI is InChI=1S/C30H34Cl2N4O3/c1-17(37)36-25-7-4-18(16-35-10-8-19(9-11-35)29(33)39)12-23(25)34-24-14-30(2,3)15-26(38)27(24)28(36)21-6-5-20(31)13-22(21)32/h4-7,12-13,19,28,34H,8-11,14-16H2,1-3H3,(H2,33,39). The third-order valence-corrected chi connectivity index (χ3v) is 8.61. The number of nitrogens with two attached hydrogens (primary N) is 1. The molecule has 2 aromatic rings. The van der Waals surface area contributed by atoms with Gasteiger partial charge in [0.15, 0.2) is 5.78 Å². The molecule has 206 valence electrons. The molecule has 5 rings (SSSR count). The third-order valence-electron chi connectivity index (χ3n) is 8.05. The molecule has 2 heterocycles. The number of amides is 2. The number of fused-ring (bicyclic) bond motifs is 1. The topological polar surface area (TPSA) is 95.7 Å². The molecule has 1 atom stereocenters. The Morgan fingerprint density at radius 3 is 2.44 bits per heavy atom. The van der Waals surface area contributed by atoms with E-state index in [1.807, 2.05) is 12.1 Å². The quantitative estimate of drug-likeness (QED) is 0.482. The van der Waals surface area contributed by atoms with Gasteiger partial charge in [0.05, 0.1) is 17.4 Å². The Balaban J connectivity index is 1.58. The number of likely N-dealkylation sites (tertiary alicyclic amines) is 1. The molecule has 0 radical (unpaired) electrons. The van der Waals surface area contributed by atoms with Crippen LogP contribution in [-0.2, 0) is 20.9 Å². The Morgan fingerprint density at radius 1 is 1.08 bits per heavy atom. The molecule has 0 saturated carbocycles. The molecule has 3 aliphatic rings. The largest absolute Gasteiger partial charge is 0.369 e. The molecule has 2 aliphatic heterocycles. The number of hydrogen-bond donors (Lipinski definition) is 2. The highest BCUT2D eigenvalue weighted by molar-refractivity contribution is 6.35. The van der Waals surface area contributed by atoms with Gasteiger partial charge in [-0.15, -0.1) is 0 Å². The predicted octanol–water partition coefficient (Wildman–Crippen LogP) is 5.85. The van der Waals surface area contributed by atoms with Gasteiger partial charge < -0.3 is 11.1 Å². The third kappa shape index (κ3) is 5.58. The van der Waals surface area contributed by atoms with Crippen LogP contribution in [0.25, 0.3) is 0 Å². The minimum atomic E-state index is -0.682. The maximum atomic E-state index is 13.7. The molecule has 1 fully saturated rings. The van der Waals surface area contributed by atoms with E-state index in [2.05, 4.69) is 30.1 Å². The van der Waals surface area contributed by atoms with Crippen molar-refractivity contribution >= 4 is 52.2 Å². The van der Waals surface area contributed by atoms with Crippen molar-refractivity contribution in [3.8, 4) is 0 Å². The Kier molecular flexibility index (Phi) is 7.53. The van der Waals surface area contributed by atoms with E-state index in [1.165, 1.54) is 6.92 Å². The molecular formula is C30H34Cl2N4O3. The van der Waals surface area contributed by atoms with Crippen molar-refractivity contribution in [2.45, 2.75) is 59.0 Å². The first-order valence-corrected chi connectivity index (χ1v) is 14.1. The van der Waals surface area contributed by atoms with Crippen molar-refractivity contribution in [2.24, 2.45) is 17.1 Å². The van der Waals surface area contributed by atoms with Crippen molar-refractivity contribution in [2.75, 3.05) is 23.3 Å². The van der Waals surface area contributed by atoms with E-state index in [1.54, 1.807) is 23.1 Å². The first-order valence-electron chi connectivity index (χ1n) is 13.4. The van der Waals surface area contributed by atoms with Gasteiger partial charge in [-0.25, -0.2) is 0 Å². The number of ketones is 1. The highest BCUT2D eigenvalue weighted by Crippen LogP contribution is 2.49. The van der Waals surface area contributed by atoms with E-state index < -0.39 is 6.04 Å². The molecule has 1 saturated heterocycles. The fourth-order valence-electron chi connectivity index (χ4n) is 6.19. The molecule has 2 aromatic carbocycles. The van der Waals surface area contributed by atoms with Gasteiger partial charge in [0, 0.05) is 47.1 Å². The molecule has 7 nitrogen and oxygen atoms in total. The summed E-state index contributed by atoms with van der Waals surface area (Å²) in [7, 11) is 0. The van der Waals surface area contributed by atoms with Crippen LogP contribution in [0, 0.1) is 11.3 Å². The number of halogens is 2. The van der Waals surface area contributed by atoms with Gasteiger partial charge in [-0.05, 0) is 73.2 Å². The number of carbonyl (C=O) groups excluding carboxylic acids is 3. The van der Waals surface area contributed by atoms with E-state index in [4.69, 9.17) is 28.9 Å². The Morgan fingerprint density at radius 2 is 1.79 bits per heavy atom. The SMILES string of the molecule is CC(=O)N1c2ccc(CN3CCC(C(N)=O)CC3)cc2NC2=C(C(=O)CC(C)(C)C2)C1c1ccc(Cl)cc1Cl. The Hall–Kier alpha value is -2.87. The van der Waals surface area contributed by atoms with E-state index in [0.717, 1.165) is 42.9 Å². The summed E-state index contributed by atoms with van der Waals surface area (Å²) < 4.78 is 0. The van der Waals surface area contributed by atoms with Gasteiger partial charge in [0.1, 0.15) is 0 Å². The average molecular weight is 570 g/mol. The lowest BCUT2D eigenvalue weighted by atomic mass is 9.73. The highest BCUT2D eigenvalue weighted by atomic mass is 35.5. The number of nitrogens with one attached hydrogen (secondary N) is 1. The van der Waals surface area contributed by atoms with Gasteiger partial charge in [0.25, 0.3) is 0 Å². The zero-order valence-corrected chi connectivity index (χ0v) is 24.0. The van der Waals surface area contributed by atoms with Crippen LogP contribution in [0.2, 0.25) is 10.0 Å². The number of allylic oxidation sites excluding steroid dienone is 1. The second kappa shape index (κ2) is 10.6. The molecule has 0 bridgehead atoms. The van der Waals surface area contributed by atoms with Crippen molar-refractivity contribution in [3.05, 3.63) is 68.8 Å². The van der Waals surface area contributed by atoms with Crippen LogP contribution in [0.4, 0.5) is 11.4 Å². The molecule has 3 N–H and O–H groups in total. The van der Waals surface area contributed by atoms with Crippen molar-refractivity contribution in [3.63, 3.8) is 0 Å². The lowest BCUT2D eigenvalue weighted by Crippen LogP contribution is -2.38.